The summed E-state index contributed by atoms with van der Waals surface area (Å²) < 4.78 is 37.3. The van der Waals surface area contributed by atoms with Crippen LogP contribution in [-0.2, 0) is 6.18 Å². The maximum atomic E-state index is 12.4. The molecule has 0 fully saturated rings. The highest BCUT2D eigenvalue weighted by Gasteiger charge is 2.35. The maximum absolute atomic E-state index is 12.4. The molecule has 0 aromatic carbocycles. The number of hydrogen-bond donors (Lipinski definition) is 2. The van der Waals surface area contributed by atoms with Crippen molar-refractivity contribution < 1.29 is 13.2 Å². The lowest BCUT2D eigenvalue weighted by Crippen LogP contribution is -2.18. The summed E-state index contributed by atoms with van der Waals surface area (Å²) in [6.07, 6.45) is -3.80. The SMILES string of the molecule is CN(C)CCCNc1cc(N)nc(C(F)(F)F)n1. The normalized spacial score (nSPS) is 11.9. The number of alkyl halides is 3. The molecule has 0 spiro atoms. The van der Waals surface area contributed by atoms with Crippen LogP contribution in [0.1, 0.15) is 12.2 Å². The molecule has 0 aliphatic rings. The van der Waals surface area contributed by atoms with Gasteiger partial charge in [-0.15, -0.1) is 0 Å². The second-order valence-electron chi connectivity index (χ2n) is 4.08. The zero-order chi connectivity index (χ0) is 13.8. The highest BCUT2D eigenvalue weighted by Crippen LogP contribution is 2.27. The molecule has 5 nitrogen and oxygen atoms in total. The van der Waals surface area contributed by atoms with Crippen molar-refractivity contribution in [3.63, 3.8) is 0 Å². The Bertz CT molecular complexity index is 392. The minimum Gasteiger partial charge on any atom is -0.384 e. The predicted molar refractivity (Wildman–Crippen MR) is 63.1 cm³/mol. The lowest BCUT2D eigenvalue weighted by Gasteiger charge is -2.12. The molecule has 1 aromatic rings. The van der Waals surface area contributed by atoms with Crippen molar-refractivity contribution in [1.82, 2.24) is 14.9 Å². The van der Waals surface area contributed by atoms with Crippen LogP contribution in [0, 0.1) is 0 Å². The summed E-state index contributed by atoms with van der Waals surface area (Å²) in [5, 5.41) is 2.80. The van der Waals surface area contributed by atoms with Gasteiger partial charge in [-0.25, -0.2) is 9.97 Å². The highest BCUT2D eigenvalue weighted by molar-refractivity contribution is 5.44. The molecule has 0 aliphatic heterocycles. The molecule has 3 N–H and O–H groups in total. The third-order valence-electron chi connectivity index (χ3n) is 2.09. The lowest BCUT2D eigenvalue weighted by atomic mass is 10.4. The summed E-state index contributed by atoms with van der Waals surface area (Å²) in [6, 6.07) is 1.28. The van der Waals surface area contributed by atoms with Crippen LogP contribution in [0.15, 0.2) is 6.07 Å². The van der Waals surface area contributed by atoms with E-state index < -0.39 is 12.0 Å². The van der Waals surface area contributed by atoms with E-state index in [0.717, 1.165) is 13.0 Å². The van der Waals surface area contributed by atoms with Gasteiger partial charge in [-0.05, 0) is 27.1 Å². The summed E-state index contributed by atoms with van der Waals surface area (Å²) in [5.74, 6) is -1.33. The Morgan fingerprint density at radius 2 is 2.00 bits per heavy atom. The number of nitrogen functional groups attached to an aromatic ring is 1. The first-order valence-electron chi connectivity index (χ1n) is 5.39. The molecular formula is C10H16F3N5. The van der Waals surface area contributed by atoms with Crippen LogP contribution in [0.25, 0.3) is 0 Å². The Balaban J connectivity index is 2.63. The molecule has 0 unspecified atom stereocenters. The van der Waals surface area contributed by atoms with Crippen molar-refractivity contribution in [2.45, 2.75) is 12.6 Å². The average molecular weight is 263 g/mol. The van der Waals surface area contributed by atoms with Gasteiger partial charge >= 0.3 is 6.18 Å². The van der Waals surface area contributed by atoms with Gasteiger partial charge in [0.15, 0.2) is 0 Å². The summed E-state index contributed by atoms with van der Waals surface area (Å²) in [4.78, 5) is 8.52. The van der Waals surface area contributed by atoms with Crippen molar-refractivity contribution in [2.24, 2.45) is 0 Å². The molecule has 0 amide bonds. The number of anilines is 2. The number of hydrogen-bond acceptors (Lipinski definition) is 5. The van der Waals surface area contributed by atoms with Gasteiger partial charge in [0.05, 0.1) is 0 Å². The fourth-order valence-corrected chi connectivity index (χ4v) is 1.30. The Hall–Kier alpha value is -1.57. The molecule has 0 radical (unpaired) electrons. The minimum absolute atomic E-state index is 0.0913. The number of aromatic nitrogens is 2. The first-order chi connectivity index (χ1) is 8.29. The van der Waals surface area contributed by atoms with E-state index in [1.807, 2.05) is 19.0 Å². The Labute approximate surface area is 103 Å². The smallest absolute Gasteiger partial charge is 0.384 e. The fraction of sp³-hybridized carbons (Fsp3) is 0.600. The molecule has 0 saturated carbocycles. The average Bonchev–Trinajstić information content (AvgIpc) is 2.22. The van der Waals surface area contributed by atoms with E-state index in [9.17, 15) is 13.2 Å². The number of nitrogens with one attached hydrogen (secondary N) is 1. The Morgan fingerprint density at radius 1 is 1.33 bits per heavy atom. The third kappa shape index (κ3) is 4.74. The molecular weight excluding hydrogens is 247 g/mol. The second-order valence-corrected chi connectivity index (χ2v) is 4.08. The molecule has 102 valence electrons. The van der Waals surface area contributed by atoms with Gasteiger partial charge in [0.2, 0.25) is 5.82 Å². The van der Waals surface area contributed by atoms with Gasteiger partial charge in [0.1, 0.15) is 11.6 Å². The zero-order valence-electron chi connectivity index (χ0n) is 10.3. The summed E-state index contributed by atoms with van der Waals surface area (Å²) in [6.45, 7) is 1.35. The van der Waals surface area contributed by atoms with E-state index in [-0.39, 0.29) is 11.6 Å². The van der Waals surface area contributed by atoms with Crippen molar-refractivity contribution in [3.05, 3.63) is 11.9 Å². The number of nitrogens with zero attached hydrogens (tertiary/aromatic N) is 3. The maximum Gasteiger partial charge on any atom is 0.451 e. The first kappa shape index (κ1) is 14.5. The van der Waals surface area contributed by atoms with Gasteiger partial charge < -0.3 is 16.0 Å². The van der Waals surface area contributed by atoms with Crippen molar-refractivity contribution in [1.29, 1.82) is 0 Å². The zero-order valence-corrected chi connectivity index (χ0v) is 10.3. The molecule has 0 bridgehead atoms. The van der Waals surface area contributed by atoms with Gasteiger partial charge in [0.25, 0.3) is 0 Å². The van der Waals surface area contributed by atoms with Gasteiger partial charge in [-0.2, -0.15) is 13.2 Å². The number of halogens is 3. The van der Waals surface area contributed by atoms with E-state index in [0.29, 0.717) is 6.54 Å². The van der Waals surface area contributed by atoms with Crippen LogP contribution >= 0.6 is 0 Å². The molecule has 0 aliphatic carbocycles. The van der Waals surface area contributed by atoms with E-state index in [1.165, 1.54) is 6.07 Å². The van der Waals surface area contributed by atoms with E-state index in [2.05, 4.69) is 15.3 Å². The van der Waals surface area contributed by atoms with Gasteiger partial charge in [-0.3, -0.25) is 0 Å². The Morgan fingerprint density at radius 3 is 2.56 bits per heavy atom. The third-order valence-corrected chi connectivity index (χ3v) is 2.09. The fourth-order valence-electron chi connectivity index (χ4n) is 1.30. The van der Waals surface area contributed by atoms with Crippen molar-refractivity contribution in [2.75, 3.05) is 38.2 Å². The van der Waals surface area contributed by atoms with Crippen LogP contribution in [0.4, 0.5) is 24.8 Å². The minimum atomic E-state index is -4.59. The molecule has 8 heteroatoms. The lowest BCUT2D eigenvalue weighted by molar-refractivity contribution is -0.144. The van der Waals surface area contributed by atoms with Crippen molar-refractivity contribution in [3.8, 4) is 0 Å². The van der Waals surface area contributed by atoms with E-state index in [4.69, 9.17) is 5.73 Å². The quantitative estimate of drug-likeness (QED) is 0.787. The molecule has 18 heavy (non-hydrogen) atoms. The van der Waals surface area contributed by atoms with E-state index in [1.54, 1.807) is 0 Å². The molecule has 1 aromatic heterocycles. The second kappa shape index (κ2) is 5.85. The predicted octanol–water partition coefficient (Wildman–Crippen LogP) is 1.44. The van der Waals surface area contributed by atoms with Crippen LogP contribution in [-0.4, -0.2) is 42.1 Å². The monoisotopic (exact) mass is 263 g/mol. The van der Waals surface area contributed by atoms with Crippen LogP contribution in [0.5, 0.6) is 0 Å². The van der Waals surface area contributed by atoms with Crippen LogP contribution in [0.3, 0.4) is 0 Å². The number of rotatable bonds is 5. The number of nitrogens with two attached hydrogens (primary N) is 1. The van der Waals surface area contributed by atoms with Crippen LogP contribution < -0.4 is 11.1 Å². The largest absolute Gasteiger partial charge is 0.451 e. The molecule has 1 heterocycles. The van der Waals surface area contributed by atoms with Crippen molar-refractivity contribution >= 4 is 11.6 Å². The molecule has 0 saturated heterocycles. The summed E-state index contributed by atoms with van der Waals surface area (Å²) in [5.41, 5.74) is 5.31. The van der Waals surface area contributed by atoms with E-state index >= 15 is 0 Å². The first-order valence-corrected chi connectivity index (χ1v) is 5.39. The van der Waals surface area contributed by atoms with Gasteiger partial charge in [-0.1, -0.05) is 0 Å². The Kier molecular flexibility index (Phi) is 4.71. The summed E-state index contributed by atoms with van der Waals surface area (Å²) >= 11 is 0. The standard InChI is InChI=1S/C10H16F3N5/c1-18(2)5-3-4-15-8-6-7(14)16-9(17-8)10(11,12)13/h6H,3-5H2,1-2H3,(H3,14,15,16,17). The summed E-state index contributed by atoms with van der Waals surface area (Å²) in [7, 11) is 3.84. The van der Waals surface area contributed by atoms with Gasteiger partial charge in [0, 0.05) is 12.6 Å². The topological polar surface area (TPSA) is 67.1 Å². The molecule has 1 rings (SSSR count). The van der Waals surface area contributed by atoms with Crippen LogP contribution in [0.2, 0.25) is 0 Å². The highest BCUT2D eigenvalue weighted by atomic mass is 19.4. The molecule has 0 atom stereocenters.